The molecule has 0 spiro atoms. The number of nitrogens with one attached hydrogen (secondary N) is 2. The number of hydrogen-bond donors (Lipinski definition) is 2. The Morgan fingerprint density at radius 2 is 1.92 bits per heavy atom. The molecule has 1 aromatic carbocycles. The lowest BCUT2D eigenvalue weighted by Crippen LogP contribution is -2.44. The number of rotatable bonds is 8. The number of alkyl carbamates (subject to hydrolysis) is 1. The first-order valence-electron chi connectivity index (χ1n) is 11.7. The van der Waals surface area contributed by atoms with Gasteiger partial charge < -0.3 is 19.5 Å². The van der Waals surface area contributed by atoms with Crippen molar-refractivity contribution in [3.05, 3.63) is 34.2 Å². The first kappa shape index (κ1) is 27.0. The topological polar surface area (TPSA) is 130 Å². The minimum absolute atomic E-state index is 0.164. The number of imide groups is 1. The van der Waals surface area contributed by atoms with E-state index in [-0.39, 0.29) is 31.0 Å². The van der Waals surface area contributed by atoms with Crippen molar-refractivity contribution < 1.29 is 28.6 Å². The van der Waals surface area contributed by atoms with Crippen LogP contribution in [0, 0.1) is 11.8 Å². The Hall–Kier alpha value is -3.62. The lowest BCUT2D eigenvalue weighted by molar-refractivity contribution is -0.135. The van der Waals surface area contributed by atoms with Gasteiger partial charge in [0.2, 0.25) is 11.8 Å². The summed E-state index contributed by atoms with van der Waals surface area (Å²) in [7, 11) is 1.63. The highest BCUT2D eigenvalue weighted by Crippen LogP contribution is 2.24. The average Bonchev–Trinajstić information content (AvgIpc) is 3.05. The van der Waals surface area contributed by atoms with Crippen molar-refractivity contribution in [3.8, 4) is 11.8 Å². The van der Waals surface area contributed by atoms with Crippen LogP contribution in [0.25, 0.3) is 11.0 Å². The Labute approximate surface area is 209 Å². The third kappa shape index (κ3) is 6.96. The maximum atomic E-state index is 12.9. The molecule has 1 aromatic heterocycles. The summed E-state index contributed by atoms with van der Waals surface area (Å²) in [5, 5.41) is 4.91. The minimum Gasteiger partial charge on any atom is -0.444 e. The number of carbonyl (C=O) groups excluding carboxylic acids is 3. The summed E-state index contributed by atoms with van der Waals surface area (Å²) < 4.78 is 18.9. The molecule has 3 rings (SSSR count). The van der Waals surface area contributed by atoms with Gasteiger partial charge in [-0.1, -0.05) is 17.9 Å². The van der Waals surface area contributed by atoms with Crippen molar-refractivity contribution in [2.24, 2.45) is 7.05 Å². The molecule has 0 radical (unpaired) electrons. The third-order valence-electron chi connectivity index (χ3n) is 5.31. The number of piperidine rings is 1. The van der Waals surface area contributed by atoms with Gasteiger partial charge in [0.15, 0.2) is 0 Å². The van der Waals surface area contributed by atoms with Crippen molar-refractivity contribution in [1.82, 2.24) is 19.8 Å². The van der Waals surface area contributed by atoms with Gasteiger partial charge in [0, 0.05) is 20.0 Å². The van der Waals surface area contributed by atoms with Gasteiger partial charge in [-0.2, -0.15) is 0 Å². The summed E-state index contributed by atoms with van der Waals surface area (Å²) in [5.41, 5.74) is 0.936. The molecule has 2 heterocycles. The van der Waals surface area contributed by atoms with Crippen LogP contribution in [0.4, 0.5) is 4.79 Å². The molecule has 3 amide bonds. The van der Waals surface area contributed by atoms with E-state index in [4.69, 9.17) is 14.2 Å². The van der Waals surface area contributed by atoms with Gasteiger partial charge in [0.05, 0.1) is 36.4 Å². The van der Waals surface area contributed by atoms with Gasteiger partial charge in [-0.3, -0.25) is 24.0 Å². The molecule has 11 heteroatoms. The second-order valence-corrected chi connectivity index (χ2v) is 9.25. The standard InChI is InChI=1S/C25H32N4O7/c1-25(2,3)36-23(32)26-12-14-35-16-15-34-13-6-8-17-7-5-9-18-21(17)28(4)24(33)29(18)19-10-11-20(30)27-22(19)31/h5,7,9,19H,10-16H2,1-4H3,(H,26,32)(H,27,30,31). The number of benzene rings is 1. The quantitative estimate of drug-likeness (QED) is 0.317. The van der Waals surface area contributed by atoms with E-state index in [0.717, 1.165) is 0 Å². The largest absolute Gasteiger partial charge is 0.444 e. The molecule has 0 bridgehead atoms. The van der Waals surface area contributed by atoms with E-state index >= 15 is 0 Å². The molecule has 1 atom stereocenters. The molecular weight excluding hydrogens is 468 g/mol. The summed E-state index contributed by atoms with van der Waals surface area (Å²) in [5.74, 6) is 5.15. The predicted molar refractivity (Wildman–Crippen MR) is 131 cm³/mol. The number of imidazole rings is 1. The number of aromatic nitrogens is 2. The van der Waals surface area contributed by atoms with Crippen LogP contribution < -0.4 is 16.3 Å². The van der Waals surface area contributed by atoms with E-state index in [0.29, 0.717) is 43.0 Å². The molecule has 0 aliphatic carbocycles. The first-order chi connectivity index (χ1) is 17.1. The summed E-state index contributed by atoms with van der Waals surface area (Å²) in [6.07, 6.45) is -0.0373. The van der Waals surface area contributed by atoms with Gasteiger partial charge in [0.25, 0.3) is 0 Å². The van der Waals surface area contributed by atoms with Crippen molar-refractivity contribution in [2.45, 2.75) is 45.3 Å². The lowest BCUT2D eigenvalue weighted by atomic mass is 10.1. The fraction of sp³-hybridized carbons (Fsp3) is 0.520. The summed E-state index contributed by atoms with van der Waals surface area (Å²) >= 11 is 0. The minimum atomic E-state index is -0.746. The highest BCUT2D eigenvalue weighted by atomic mass is 16.6. The van der Waals surface area contributed by atoms with Gasteiger partial charge in [-0.25, -0.2) is 9.59 Å². The molecule has 11 nitrogen and oxygen atoms in total. The van der Waals surface area contributed by atoms with E-state index < -0.39 is 23.6 Å². The molecule has 0 saturated carbocycles. The van der Waals surface area contributed by atoms with Crippen molar-refractivity contribution in [2.75, 3.05) is 33.0 Å². The van der Waals surface area contributed by atoms with Crippen molar-refractivity contribution >= 4 is 28.9 Å². The van der Waals surface area contributed by atoms with Crippen LogP contribution >= 0.6 is 0 Å². The van der Waals surface area contributed by atoms with Crippen LogP contribution in [0.15, 0.2) is 23.0 Å². The molecule has 1 saturated heterocycles. The second kappa shape index (κ2) is 11.9. The molecule has 2 aromatic rings. The maximum Gasteiger partial charge on any atom is 0.407 e. The Balaban J connectivity index is 1.50. The zero-order valence-corrected chi connectivity index (χ0v) is 21.0. The van der Waals surface area contributed by atoms with E-state index in [2.05, 4.69) is 22.5 Å². The highest BCUT2D eigenvalue weighted by Gasteiger charge is 2.31. The number of hydrogen-bond acceptors (Lipinski definition) is 7. The predicted octanol–water partition coefficient (Wildman–Crippen LogP) is 1.23. The number of fused-ring (bicyclic) bond motifs is 1. The zero-order valence-electron chi connectivity index (χ0n) is 21.0. The van der Waals surface area contributed by atoms with Gasteiger partial charge >= 0.3 is 11.8 Å². The fourth-order valence-electron chi connectivity index (χ4n) is 3.78. The molecule has 1 unspecified atom stereocenters. The number of aryl methyl sites for hydroxylation is 1. The van der Waals surface area contributed by atoms with Crippen LogP contribution in [0.2, 0.25) is 0 Å². The van der Waals surface area contributed by atoms with Crippen molar-refractivity contribution in [1.29, 1.82) is 0 Å². The van der Waals surface area contributed by atoms with Crippen LogP contribution in [0.3, 0.4) is 0 Å². The number of nitrogens with zero attached hydrogens (tertiary/aromatic N) is 2. The average molecular weight is 501 g/mol. The number of carbonyl (C=O) groups is 3. The smallest absolute Gasteiger partial charge is 0.407 e. The lowest BCUT2D eigenvalue weighted by Gasteiger charge is -2.21. The van der Waals surface area contributed by atoms with E-state index in [1.54, 1.807) is 46.0 Å². The fourth-order valence-corrected chi connectivity index (χ4v) is 3.78. The molecule has 36 heavy (non-hydrogen) atoms. The Bertz CT molecular complexity index is 1240. The summed E-state index contributed by atoms with van der Waals surface area (Å²) in [6.45, 7) is 6.88. The van der Waals surface area contributed by atoms with E-state index in [1.165, 1.54) is 9.13 Å². The maximum absolute atomic E-state index is 12.9. The number of ether oxygens (including phenoxy) is 3. The third-order valence-corrected chi connectivity index (χ3v) is 5.31. The van der Waals surface area contributed by atoms with Crippen LogP contribution in [0.5, 0.6) is 0 Å². The number of para-hydroxylation sites is 1. The molecule has 1 fully saturated rings. The zero-order chi connectivity index (χ0) is 26.3. The van der Waals surface area contributed by atoms with Gasteiger partial charge in [-0.05, 0) is 39.3 Å². The normalized spacial score (nSPS) is 15.8. The van der Waals surface area contributed by atoms with E-state index in [9.17, 15) is 19.2 Å². The molecule has 2 N–H and O–H groups in total. The molecule has 1 aliphatic rings. The van der Waals surface area contributed by atoms with E-state index in [1.807, 2.05) is 0 Å². The van der Waals surface area contributed by atoms with Crippen molar-refractivity contribution in [3.63, 3.8) is 0 Å². The second-order valence-electron chi connectivity index (χ2n) is 9.25. The number of amides is 3. The molecular formula is C25H32N4O7. The monoisotopic (exact) mass is 500 g/mol. The molecule has 1 aliphatic heterocycles. The molecule has 194 valence electrons. The van der Waals surface area contributed by atoms with Gasteiger partial charge in [0.1, 0.15) is 18.2 Å². The Morgan fingerprint density at radius 3 is 2.64 bits per heavy atom. The van der Waals surface area contributed by atoms with Crippen LogP contribution in [0.1, 0.15) is 45.2 Å². The Morgan fingerprint density at radius 1 is 1.17 bits per heavy atom. The Kier molecular flexibility index (Phi) is 8.90. The highest BCUT2D eigenvalue weighted by molar-refractivity contribution is 6.00. The summed E-state index contributed by atoms with van der Waals surface area (Å²) in [6, 6.07) is 4.58. The van der Waals surface area contributed by atoms with Crippen LogP contribution in [-0.4, -0.2) is 65.6 Å². The summed E-state index contributed by atoms with van der Waals surface area (Å²) in [4.78, 5) is 48.3. The first-order valence-corrected chi connectivity index (χ1v) is 11.7. The SMILES string of the molecule is Cn1c(=O)n(C2CCC(=O)NC2=O)c2cccc(C#CCOCCOCCNC(=O)OC(C)(C)C)c21. The van der Waals surface area contributed by atoms with Crippen LogP contribution in [-0.2, 0) is 30.8 Å². The van der Waals surface area contributed by atoms with Gasteiger partial charge in [-0.15, -0.1) is 0 Å².